The Morgan fingerprint density at radius 3 is 2.32 bits per heavy atom. The molecule has 0 bridgehead atoms. The Bertz CT molecular complexity index is 1280. The molecule has 3 aromatic carbocycles. The maximum atomic E-state index is 13.2. The van der Waals surface area contributed by atoms with Crippen LogP contribution in [0.2, 0.25) is 0 Å². The topological polar surface area (TPSA) is 57.7 Å². The molecule has 5 nitrogen and oxygen atoms in total. The first-order valence-corrected chi connectivity index (χ1v) is 13.4. The lowest BCUT2D eigenvalue weighted by molar-refractivity contribution is 0.0690. The first-order valence-electron chi connectivity index (χ1n) is 12.0. The molecule has 2 heterocycles. The molecule has 3 aromatic rings. The third kappa shape index (κ3) is 4.47. The third-order valence-electron chi connectivity index (χ3n) is 7.06. The monoisotopic (exact) mass is 474 g/mol. The predicted octanol–water partition coefficient (Wildman–Crippen LogP) is 4.84. The van der Waals surface area contributed by atoms with Gasteiger partial charge in [0.05, 0.1) is 10.6 Å². The van der Waals surface area contributed by atoms with E-state index < -0.39 is 10.0 Å². The van der Waals surface area contributed by atoms with Crippen LogP contribution in [0.1, 0.15) is 39.9 Å². The van der Waals surface area contributed by atoms with E-state index in [1.165, 1.54) is 9.87 Å². The van der Waals surface area contributed by atoms with E-state index in [1.54, 1.807) is 24.3 Å². The molecule has 2 aliphatic heterocycles. The maximum Gasteiger partial charge on any atom is 0.264 e. The first kappa shape index (κ1) is 22.7. The van der Waals surface area contributed by atoms with Crippen molar-refractivity contribution in [3.05, 3.63) is 95.1 Å². The largest absolute Gasteiger partial charge is 0.339 e. The summed E-state index contributed by atoms with van der Waals surface area (Å²) >= 11 is 0. The van der Waals surface area contributed by atoms with Gasteiger partial charge in [-0.3, -0.25) is 9.10 Å². The molecule has 6 heteroatoms. The molecule has 1 amide bonds. The van der Waals surface area contributed by atoms with Gasteiger partial charge in [0.1, 0.15) is 0 Å². The Balaban J connectivity index is 1.26. The molecule has 176 valence electrons. The van der Waals surface area contributed by atoms with Gasteiger partial charge in [0, 0.05) is 25.2 Å². The van der Waals surface area contributed by atoms with Crippen molar-refractivity contribution in [2.45, 2.75) is 37.5 Å². The highest BCUT2D eigenvalue weighted by atomic mass is 32.2. The van der Waals surface area contributed by atoms with Gasteiger partial charge in [0.25, 0.3) is 15.9 Å². The minimum Gasteiger partial charge on any atom is -0.339 e. The molecule has 1 saturated heterocycles. The Kier molecular flexibility index (Phi) is 6.17. The van der Waals surface area contributed by atoms with Gasteiger partial charge in [-0.1, -0.05) is 48.0 Å². The second-order valence-electron chi connectivity index (χ2n) is 9.41. The zero-order chi connectivity index (χ0) is 23.7. The number of likely N-dealkylation sites (tertiary alicyclic amines) is 1. The number of nitrogens with zero attached hydrogens (tertiary/aromatic N) is 2. The summed E-state index contributed by atoms with van der Waals surface area (Å²) in [5, 5.41) is 0. The van der Waals surface area contributed by atoms with Crippen LogP contribution in [0.25, 0.3) is 0 Å². The zero-order valence-corrected chi connectivity index (χ0v) is 20.3. The number of rotatable bonds is 5. The summed E-state index contributed by atoms with van der Waals surface area (Å²) in [4.78, 5) is 15.4. The highest BCUT2D eigenvalue weighted by molar-refractivity contribution is 7.92. The van der Waals surface area contributed by atoms with Gasteiger partial charge in [0.2, 0.25) is 0 Å². The third-order valence-corrected chi connectivity index (χ3v) is 8.88. The van der Waals surface area contributed by atoms with E-state index in [-0.39, 0.29) is 5.91 Å². The molecule has 5 rings (SSSR count). The molecule has 0 saturated carbocycles. The minimum atomic E-state index is -3.62. The fourth-order valence-corrected chi connectivity index (χ4v) is 6.57. The normalized spacial score (nSPS) is 16.5. The molecule has 0 aromatic heterocycles. The number of anilines is 1. The molecule has 2 aliphatic rings. The van der Waals surface area contributed by atoms with Crippen molar-refractivity contribution in [2.75, 3.05) is 23.9 Å². The molecular formula is C28H30N2O3S. The van der Waals surface area contributed by atoms with E-state index in [0.717, 1.165) is 43.5 Å². The van der Waals surface area contributed by atoms with E-state index in [0.29, 0.717) is 35.0 Å². The van der Waals surface area contributed by atoms with Crippen LogP contribution in [-0.2, 0) is 22.9 Å². The second kappa shape index (κ2) is 9.26. The van der Waals surface area contributed by atoms with E-state index in [2.05, 4.69) is 24.3 Å². The maximum absolute atomic E-state index is 13.2. The minimum absolute atomic E-state index is 0.0424. The van der Waals surface area contributed by atoms with Crippen molar-refractivity contribution >= 4 is 21.6 Å². The fraction of sp³-hybridized carbons (Fsp3) is 0.321. The second-order valence-corrected chi connectivity index (χ2v) is 11.3. The average Bonchev–Trinajstić information content (AvgIpc) is 3.29. The number of benzene rings is 3. The standard InChI is InChI=1S/C28H30N2O3S/c1-21-7-10-26(11-8-21)34(32,33)30-18-15-24-20-25(9-12-27(24)30)28(31)29-16-13-23(14-17-29)19-22-5-3-2-4-6-22/h2-12,20,23H,13-19H2,1H3. The van der Waals surface area contributed by atoms with Crippen LogP contribution in [0.4, 0.5) is 5.69 Å². The molecule has 0 atom stereocenters. The smallest absolute Gasteiger partial charge is 0.264 e. The molecule has 0 unspecified atom stereocenters. The molecular weight excluding hydrogens is 444 g/mol. The van der Waals surface area contributed by atoms with Crippen molar-refractivity contribution in [2.24, 2.45) is 5.92 Å². The lowest BCUT2D eigenvalue weighted by atomic mass is 9.90. The summed E-state index contributed by atoms with van der Waals surface area (Å²) in [7, 11) is -3.62. The zero-order valence-electron chi connectivity index (χ0n) is 19.5. The van der Waals surface area contributed by atoms with Gasteiger partial charge in [-0.2, -0.15) is 0 Å². The first-order chi connectivity index (χ1) is 16.4. The van der Waals surface area contributed by atoms with Crippen LogP contribution in [0.15, 0.2) is 77.7 Å². The molecule has 34 heavy (non-hydrogen) atoms. The number of carbonyl (C=O) groups is 1. The van der Waals surface area contributed by atoms with Crippen molar-refractivity contribution in [1.82, 2.24) is 4.90 Å². The van der Waals surface area contributed by atoms with Gasteiger partial charge in [-0.05, 0) is 80.0 Å². The lowest BCUT2D eigenvalue weighted by Crippen LogP contribution is -2.39. The van der Waals surface area contributed by atoms with Gasteiger partial charge in [-0.15, -0.1) is 0 Å². The summed E-state index contributed by atoms with van der Waals surface area (Å²) < 4.78 is 27.8. The Labute approximate surface area is 202 Å². The summed E-state index contributed by atoms with van der Waals surface area (Å²) in [6, 6.07) is 22.9. The van der Waals surface area contributed by atoms with E-state index in [1.807, 2.05) is 36.1 Å². The van der Waals surface area contributed by atoms with Gasteiger partial charge in [-0.25, -0.2) is 8.42 Å². The summed E-state index contributed by atoms with van der Waals surface area (Å²) in [6.07, 6.45) is 3.69. The van der Waals surface area contributed by atoms with Crippen molar-refractivity contribution in [1.29, 1.82) is 0 Å². The number of piperidine rings is 1. The molecule has 0 spiro atoms. The molecule has 0 radical (unpaired) electrons. The Hall–Kier alpha value is -3.12. The van der Waals surface area contributed by atoms with Crippen LogP contribution in [-0.4, -0.2) is 38.9 Å². The predicted molar refractivity (Wildman–Crippen MR) is 135 cm³/mol. The SMILES string of the molecule is Cc1ccc(S(=O)(=O)N2CCc3cc(C(=O)N4CCC(Cc5ccccc5)CC4)ccc32)cc1. The number of hydrogen-bond acceptors (Lipinski definition) is 3. The van der Waals surface area contributed by atoms with Crippen molar-refractivity contribution in [3.8, 4) is 0 Å². The number of aryl methyl sites for hydroxylation is 1. The van der Waals surface area contributed by atoms with Gasteiger partial charge in [0.15, 0.2) is 0 Å². The van der Waals surface area contributed by atoms with E-state index in [9.17, 15) is 13.2 Å². The lowest BCUT2D eigenvalue weighted by Gasteiger charge is -2.32. The number of sulfonamides is 1. The molecule has 0 N–H and O–H groups in total. The van der Waals surface area contributed by atoms with Crippen LogP contribution in [0, 0.1) is 12.8 Å². The Morgan fingerprint density at radius 2 is 1.62 bits per heavy atom. The summed E-state index contributed by atoms with van der Waals surface area (Å²) in [6.45, 7) is 3.86. The van der Waals surface area contributed by atoms with Crippen LogP contribution >= 0.6 is 0 Å². The van der Waals surface area contributed by atoms with E-state index >= 15 is 0 Å². The van der Waals surface area contributed by atoms with Crippen LogP contribution in [0.5, 0.6) is 0 Å². The number of hydrogen-bond donors (Lipinski definition) is 0. The van der Waals surface area contributed by atoms with Gasteiger partial charge < -0.3 is 4.90 Å². The van der Waals surface area contributed by atoms with E-state index in [4.69, 9.17) is 0 Å². The summed E-state index contributed by atoms with van der Waals surface area (Å²) in [5.74, 6) is 0.646. The molecule has 0 aliphatic carbocycles. The Morgan fingerprint density at radius 1 is 0.912 bits per heavy atom. The highest BCUT2D eigenvalue weighted by Gasteiger charge is 2.32. The molecule has 1 fully saturated rings. The highest BCUT2D eigenvalue weighted by Crippen LogP contribution is 2.34. The van der Waals surface area contributed by atoms with Crippen LogP contribution in [0.3, 0.4) is 0 Å². The van der Waals surface area contributed by atoms with Crippen LogP contribution < -0.4 is 4.31 Å². The quantitative estimate of drug-likeness (QED) is 0.532. The van der Waals surface area contributed by atoms with Crippen molar-refractivity contribution < 1.29 is 13.2 Å². The number of fused-ring (bicyclic) bond motifs is 1. The number of amides is 1. The van der Waals surface area contributed by atoms with Crippen molar-refractivity contribution in [3.63, 3.8) is 0 Å². The van der Waals surface area contributed by atoms with Gasteiger partial charge >= 0.3 is 0 Å². The summed E-state index contributed by atoms with van der Waals surface area (Å²) in [5.41, 5.74) is 4.62. The fourth-order valence-electron chi connectivity index (χ4n) is 5.06. The average molecular weight is 475 g/mol. The number of carbonyl (C=O) groups excluding carboxylic acids is 1.